The summed E-state index contributed by atoms with van der Waals surface area (Å²) < 4.78 is 7.13. The molecule has 5 heteroatoms. The molecule has 1 unspecified atom stereocenters. The third-order valence-electron chi connectivity index (χ3n) is 1.88. The monoisotopic (exact) mass is 335 g/mol. The van der Waals surface area contributed by atoms with E-state index in [1.54, 1.807) is 11.3 Å². The summed E-state index contributed by atoms with van der Waals surface area (Å²) in [5.41, 5.74) is 7.09. The van der Waals surface area contributed by atoms with Crippen LogP contribution in [0, 0.1) is 0 Å². The Labute approximate surface area is 102 Å². The number of rotatable bonds is 2. The zero-order valence-electron chi connectivity index (χ0n) is 7.04. The van der Waals surface area contributed by atoms with E-state index in [1.165, 1.54) is 0 Å². The molecule has 0 aliphatic carbocycles. The molecule has 0 radical (unpaired) electrons. The molecule has 2 aromatic rings. The second kappa shape index (κ2) is 4.18. The Morgan fingerprint density at radius 3 is 2.57 bits per heavy atom. The lowest BCUT2D eigenvalue weighted by Gasteiger charge is -2.06. The van der Waals surface area contributed by atoms with Gasteiger partial charge in [-0.1, -0.05) is 0 Å². The highest BCUT2D eigenvalue weighted by Gasteiger charge is 2.16. The van der Waals surface area contributed by atoms with E-state index in [-0.39, 0.29) is 6.04 Å². The van der Waals surface area contributed by atoms with Crippen LogP contribution in [0.3, 0.4) is 0 Å². The van der Waals surface area contributed by atoms with Crippen molar-refractivity contribution in [1.29, 1.82) is 0 Å². The van der Waals surface area contributed by atoms with Crippen molar-refractivity contribution in [1.82, 2.24) is 0 Å². The van der Waals surface area contributed by atoms with Gasteiger partial charge in [0.05, 0.1) is 6.04 Å². The van der Waals surface area contributed by atoms with Crippen LogP contribution in [0.4, 0.5) is 0 Å². The van der Waals surface area contributed by atoms with Gasteiger partial charge in [0.1, 0.15) is 5.76 Å². The van der Waals surface area contributed by atoms with Gasteiger partial charge in [0.25, 0.3) is 0 Å². The summed E-state index contributed by atoms with van der Waals surface area (Å²) >= 11 is 8.31. The van der Waals surface area contributed by atoms with Gasteiger partial charge in [0, 0.05) is 15.4 Å². The molecule has 2 aromatic heterocycles. The standard InChI is InChI=1S/C9H7Br2NOS/c10-6-4-14-3-5(6)9(12)7-1-2-8(11)13-7/h1-4,9H,12H2. The molecule has 2 rings (SSSR count). The van der Waals surface area contributed by atoms with Crippen LogP contribution in [0.5, 0.6) is 0 Å². The molecule has 0 aromatic carbocycles. The maximum atomic E-state index is 6.04. The van der Waals surface area contributed by atoms with Crippen molar-refractivity contribution in [3.05, 3.63) is 43.4 Å². The van der Waals surface area contributed by atoms with Crippen molar-refractivity contribution in [3.63, 3.8) is 0 Å². The molecule has 1 atom stereocenters. The minimum atomic E-state index is -0.207. The topological polar surface area (TPSA) is 39.2 Å². The van der Waals surface area contributed by atoms with Crippen molar-refractivity contribution < 1.29 is 4.42 Å². The Hall–Kier alpha value is -0.100. The van der Waals surface area contributed by atoms with Crippen LogP contribution in [0.2, 0.25) is 0 Å². The van der Waals surface area contributed by atoms with Crippen LogP contribution < -0.4 is 5.73 Å². The Bertz CT molecular complexity index is 437. The molecule has 0 amide bonds. The fourth-order valence-corrected chi connectivity index (χ4v) is 3.06. The zero-order valence-corrected chi connectivity index (χ0v) is 11.0. The number of hydrogen-bond donors (Lipinski definition) is 1. The number of nitrogens with two attached hydrogens (primary N) is 1. The van der Waals surface area contributed by atoms with Crippen molar-refractivity contribution in [2.24, 2.45) is 5.73 Å². The van der Waals surface area contributed by atoms with E-state index >= 15 is 0 Å². The maximum Gasteiger partial charge on any atom is 0.169 e. The molecular weight excluding hydrogens is 330 g/mol. The largest absolute Gasteiger partial charge is 0.452 e. The van der Waals surface area contributed by atoms with Gasteiger partial charge in [-0.05, 0) is 49.4 Å². The Morgan fingerprint density at radius 2 is 2.07 bits per heavy atom. The molecule has 0 saturated carbocycles. The van der Waals surface area contributed by atoms with Gasteiger partial charge in [0.2, 0.25) is 0 Å². The summed E-state index contributed by atoms with van der Waals surface area (Å²) in [5.74, 6) is 0.760. The lowest BCUT2D eigenvalue weighted by atomic mass is 10.1. The summed E-state index contributed by atoms with van der Waals surface area (Å²) in [6.45, 7) is 0. The van der Waals surface area contributed by atoms with Gasteiger partial charge < -0.3 is 10.2 Å². The van der Waals surface area contributed by atoms with Crippen molar-refractivity contribution in [2.75, 3.05) is 0 Å². The molecule has 0 aliphatic heterocycles. The van der Waals surface area contributed by atoms with Crippen LogP contribution >= 0.6 is 43.2 Å². The summed E-state index contributed by atoms with van der Waals surface area (Å²) in [5, 5.41) is 4.03. The van der Waals surface area contributed by atoms with E-state index < -0.39 is 0 Å². The van der Waals surface area contributed by atoms with Gasteiger partial charge in [0.15, 0.2) is 4.67 Å². The van der Waals surface area contributed by atoms with E-state index in [4.69, 9.17) is 10.2 Å². The highest BCUT2D eigenvalue weighted by Crippen LogP contribution is 2.31. The van der Waals surface area contributed by atoms with E-state index in [0.717, 1.165) is 15.8 Å². The van der Waals surface area contributed by atoms with Crippen molar-refractivity contribution in [3.8, 4) is 0 Å². The van der Waals surface area contributed by atoms with E-state index in [0.29, 0.717) is 4.67 Å². The molecule has 2 N–H and O–H groups in total. The van der Waals surface area contributed by atoms with Gasteiger partial charge in [-0.2, -0.15) is 11.3 Å². The van der Waals surface area contributed by atoms with E-state index in [2.05, 4.69) is 31.9 Å². The van der Waals surface area contributed by atoms with Gasteiger partial charge >= 0.3 is 0 Å². The smallest absolute Gasteiger partial charge is 0.169 e. The molecule has 0 spiro atoms. The summed E-state index contributed by atoms with van der Waals surface area (Å²) in [6.07, 6.45) is 0. The minimum Gasteiger partial charge on any atom is -0.452 e. The predicted molar refractivity (Wildman–Crippen MR) is 64.5 cm³/mol. The first-order valence-electron chi connectivity index (χ1n) is 3.91. The molecule has 0 fully saturated rings. The predicted octanol–water partition coefficient (Wildman–Crippen LogP) is 3.91. The first-order valence-corrected chi connectivity index (χ1v) is 6.44. The van der Waals surface area contributed by atoms with Crippen LogP contribution in [0.15, 0.2) is 36.5 Å². The van der Waals surface area contributed by atoms with Crippen LogP contribution in [0.1, 0.15) is 17.4 Å². The lowest BCUT2D eigenvalue weighted by molar-refractivity contribution is 0.470. The molecule has 74 valence electrons. The zero-order chi connectivity index (χ0) is 10.1. The fraction of sp³-hybridized carbons (Fsp3) is 0.111. The normalized spacial score (nSPS) is 13.1. The second-order valence-electron chi connectivity index (χ2n) is 2.79. The highest BCUT2D eigenvalue weighted by molar-refractivity contribution is 9.10. The number of hydrogen-bond acceptors (Lipinski definition) is 3. The first-order chi connectivity index (χ1) is 6.68. The molecule has 2 nitrogen and oxygen atoms in total. The number of thiophene rings is 1. The molecule has 0 saturated heterocycles. The molecule has 14 heavy (non-hydrogen) atoms. The number of halogens is 2. The first kappa shape index (κ1) is 10.4. The second-order valence-corrected chi connectivity index (χ2v) is 5.17. The van der Waals surface area contributed by atoms with Gasteiger partial charge in [-0.3, -0.25) is 0 Å². The molecule has 0 aliphatic rings. The molecular formula is C9H7Br2NOS. The van der Waals surface area contributed by atoms with E-state index in [9.17, 15) is 0 Å². The Balaban J connectivity index is 2.33. The summed E-state index contributed by atoms with van der Waals surface area (Å²) in [7, 11) is 0. The van der Waals surface area contributed by atoms with Crippen molar-refractivity contribution >= 4 is 43.2 Å². The van der Waals surface area contributed by atoms with Crippen LogP contribution in [-0.4, -0.2) is 0 Å². The summed E-state index contributed by atoms with van der Waals surface area (Å²) in [4.78, 5) is 0. The highest BCUT2D eigenvalue weighted by atomic mass is 79.9. The van der Waals surface area contributed by atoms with Crippen LogP contribution in [0.25, 0.3) is 0 Å². The fourth-order valence-electron chi connectivity index (χ4n) is 1.16. The van der Waals surface area contributed by atoms with Gasteiger partial charge in [-0.15, -0.1) is 0 Å². The van der Waals surface area contributed by atoms with E-state index in [1.807, 2.05) is 22.9 Å². The molecule has 0 bridgehead atoms. The Kier molecular flexibility index (Phi) is 3.11. The number of furan rings is 1. The third kappa shape index (κ3) is 1.95. The maximum absolute atomic E-state index is 6.04. The van der Waals surface area contributed by atoms with Crippen molar-refractivity contribution in [2.45, 2.75) is 6.04 Å². The molecule has 2 heterocycles. The average Bonchev–Trinajstić information content (AvgIpc) is 2.73. The van der Waals surface area contributed by atoms with Crippen LogP contribution in [-0.2, 0) is 0 Å². The lowest BCUT2D eigenvalue weighted by Crippen LogP contribution is -2.10. The van der Waals surface area contributed by atoms with Gasteiger partial charge in [-0.25, -0.2) is 0 Å². The minimum absolute atomic E-state index is 0.207. The SMILES string of the molecule is NC(c1ccc(Br)o1)c1cscc1Br. The third-order valence-corrected chi connectivity index (χ3v) is 4.06. The average molecular weight is 337 g/mol. The Morgan fingerprint density at radius 1 is 1.29 bits per heavy atom. The quantitative estimate of drug-likeness (QED) is 0.902. The summed E-state index contributed by atoms with van der Waals surface area (Å²) in [6, 6.07) is 3.51.